The number of hydrogen-bond donors (Lipinski definition) is 0. The number of aliphatic imine (C=N–C) groups is 1. The Kier molecular flexibility index (Phi) is 8.25. The van der Waals surface area contributed by atoms with Crippen molar-refractivity contribution in [3.05, 3.63) is 113 Å². The Morgan fingerprint density at radius 3 is 2.28 bits per heavy atom. The SMILES string of the molecule is CCOc1ccc(N=Cc2ccc(CN(Cc3ccc(C)cc3)S(=O)(=O)c3ccc(Cl)cc3)o2)cc1. The number of aryl methyl sites for hydroxylation is 1. The predicted octanol–water partition coefficient (Wildman–Crippen LogP) is 6.78. The summed E-state index contributed by atoms with van der Waals surface area (Å²) in [5.41, 5.74) is 2.73. The molecule has 186 valence electrons. The van der Waals surface area contributed by atoms with E-state index in [-0.39, 0.29) is 18.0 Å². The maximum Gasteiger partial charge on any atom is 0.243 e. The largest absolute Gasteiger partial charge is 0.494 e. The molecule has 0 aliphatic carbocycles. The second-order valence-corrected chi connectivity index (χ2v) is 10.6. The maximum absolute atomic E-state index is 13.5. The molecule has 4 aromatic rings. The minimum Gasteiger partial charge on any atom is -0.494 e. The molecule has 0 aliphatic rings. The van der Waals surface area contributed by atoms with E-state index >= 15 is 0 Å². The molecule has 0 unspecified atom stereocenters. The molecule has 36 heavy (non-hydrogen) atoms. The van der Waals surface area contributed by atoms with E-state index in [2.05, 4.69) is 4.99 Å². The summed E-state index contributed by atoms with van der Waals surface area (Å²) in [6, 6.07) is 24.9. The van der Waals surface area contributed by atoms with Crippen molar-refractivity contribution in [1.29, 1.82) is 0 Å². The Bertz CT molecular complexity index is 1410. The fourth-order valence-corrected chi connectivity index (χ4v) is 5.05. The first-order valence-corrected chi connectivity index (χ1v) is 13.3. The molecule has 0 atom stereocenters. The monoisotopic (exact) mass is 522 g/mol. The summed E-state index contributed by atoms with van der Waals surface area (Å²) in [4.78, 5) is 4.60. The van der Waals surface area contributed by atoms with E-state index in [9.17, 15) is 8.42 Å². The van der Waals surface area contributed by atoms with Crippen LogP contribution >= 0.6 is 11.6 Å². The van der Waals surface area contributed by atoms with Crippen molar-refractivity contribution in [3.8, 4) is 5.75 Å². The summed E-state index contributed by atoms with van der Waals surface area (Å²) < 4.78 is 39.8. The van der Waals surface area contributed by atoms with Gasteiger partial charge in [-0.1, -0.05) is 41.4 Å². The molecule has 0 saturated carbocycles. The Balaban J connectivity index is 1.54. The summed E-state index contributed by atoms with van der Waals surface area (Å²) in [6.45, 7) is 4.79. The average molecular weight is 523 g/mol. The molecule has 0 spiro atoms. The van der Waals surface area contributed by atoms with Gasteiger partial charge in [0.25, 0.3) is 0 Å². The van der Waals surface area contributed by atoms with Crippen molar-refractivity contribution >= 4 is 33.5 Å². The summed E-state index contributed by atoms with van der Waals surface area (Å²) in [6.07, 6.45) is 1.61. The normalized spacial score (nSPS) is 11.9. The second-order valence-electron chi connectivity index (χ2n) is 8.20. The van der Waals surface area contributed by atoms with Gasteiger partial charge in [-0.25, -0.2) is 8.42 Å². The van der Waals surface area contributed by atoms with E-state index in [4.69, 9.17) is 20.8 Å². The highest BCUT2D eigenvalue weighted by Gasteiger charge is 2.26. The van der Waals surface area contributed by atoms with Crippen LogP contribution in [-0.2, 0) is 23.1 Å². The number of rotatable bonds is 10. The van der Waals surface area contributed by atoms with Crippen LogP contribution in [0.5, 0.6) is 5.75 Å². The van der Waals surface area contributed by atoms with E-state index in [1.165, 1.54) is 16.4 Å². The lowest BCUT2D eigenvalue weighted by molar-refractivity contribution is 0.340. The fraction of sp³-hybridized carbons (Fsp3) is 0.179. The number of halogens is 1. The standard InChI is InChI=1S/C28H27ClN2O4S/c1-3-34-25-12-10-24(11-13-25)30-18-26-14-15-27(35-26)20-31(19-22-6-4-21(2)5-7-22)36(32,33)28-16-8-23(29)9-17-28/h4-18H,3,19-20H2,1-2H3. The lowest BCUT2D eigenvalue weighted by Crippen LogP contribution is -2.30. The molecule has 0 amide bonds. The van der Waals surface area contributed by atoms with Gasteiger partial charge in [-0.3, -0.25) is 4.99 Å². The summed E-state index contributed by atoms with van der Waals surface area (Å²) in [5, 5.41) is 0.474. The van der Waals surface area contributed by atoms with Crippen LogP contribution in [0.1, 0.15) is 29.6 Å². The molecule has 0 fully saturated rings. The zero-order valence-electron chi connectivity index (χ0n) is 20.1. The number of sulfonamides is 1. The van der Waals surface area contributed by atoms with Crippen LogP contribution in [0.4, 0.5) is 5.69 Å². The topological polar surface area (TPSA) is 72.1 Å². The van der Waals surface area contributed by atoms with Crippen molar-refractivity contribution < 1.29 is 17.6 Å². The molecule has 0 bridgehead atoms. The van der Waals surface area contributed by atoms with Gasteiger partial charge in [0.05, 0.1) is 29.9 Å². The molecule has 0 aliphatic heterocycles. The molecular weight excluding hydrogens is 496 g/mol. The Labute approximate surface area is 216 Å². The lowest BCUT2D eigenvalue weighted by Gasteiger charge is -2.21. The van der Waals surface area contributed by atoms with Crippen LogP contribution in [0.25, 0.3) is 0 Å². The molecular formula is C28H27ClN2O4S. The van der Waals surface area contributed by atoms with Crippen molar-refractivity contribution in [3.63, 3.8) is 0 Å². The smallest absolute Gasteiger partial charge is 0.243 e. The van der Waals surface area contributed by atoms with E-state index in [0.717, 1.165) is 22.6 Å². The zero-order chi connectivity index (χ0) is 25.5. The van der Waals surface area contributed by atoms with Gasteiger partial charge in [-0.05, 0) is 80.1 Å². The van der Waals surface area contributed by atoms with Crippen molar-refractivity contribution in [2.45, 2.75) is 31.8 Å². The van der Waals surface area contributed by atoms with Gasteiger partial charge < -0.3 is 9.15 Å². The molecule has 3 aromatic carbocycles. The molecule has 0 radical (unpaired) electrons. The molecule has 6 nitrogen and oxygen atoms in total. The van der Waals surface area contributed by atoms with Gasteiger partial charge in [0.2, 0.25) is 10.0 Å². The lowest BCUT2D eigenvalue weighted by atomic mass is 10.1. The average Bonchev–Trinajstić information content (AvgIpc) is 3.32. The molecule has 4 rings (SSSR count). The van der Waals surface area contributed by atoms with Gasteiger partial charge in [0, 0.05) is 11.6 Å². The molecule has 0 N–H and O–H groups in total. The summed E-state index contributed by atoms with van der Waals surface area (Å²) >= 11 is 5.97. The number of hydrogen-bond acceptors (Lipinski definition) is 5. The van der Waals surface area contributed by atoms with Crippen LogP contribution in [0.15, 0.2) is 99.2 Å². The van der Waals surface area contributed by atoms with Crippen molar-refractivity contribution in [1.82, 2.24) is 4.31 Å². The fourth-order valence-electron chi connectivity index (χ4n) is 3.53. The first kappa shape index (κ1) is 25.7. The number of benzene rings is 3. The van der Waals surface area contributed by atoms with E-state index in [0.29, 0.717) is 23.2 Å². The highest BCUT2D eigenvalue weighted by molar-refractivity contribution is 7.89. The number of ether oxygens (including phenoxy) is 1. The third-order valence-electron chi connectivity index (χ3n) is 5.43. The van der Waals surface area contributed by atoms with Gasteiger partial charge >= 0.3 is 0 Å². The molecule has 0 saturated heterocycles. The van der Waals surface area contributed by atoms with Crippen LogP contribution < -0.4 is 4.74 Å². The summed E-state index contributed by atoms with van der Waals surface area (Å²) in [7, 11) is -3.81. The number of furan rings is 1. The first-order valence-electron chi connectivity index (χ1n) is 11.5. The number of nitrogens with zero attached hydrogens (tertiary/aromatic N) is 2. The predicted molar refractivity (Wildman–Crippen MR) is 143 cm³/mol. The van der Waals surface area contributed by atoms with Gasteiger partial charge in [-0.2, -0.15) is 4.31 Å². The maximum atomic E-state index is 13.5. The summed E-state index contributed by atoms with van der Waals surface area (Å²) in [5.74, 6) is 1.82. The van der Waals surface area contributed by atoms with Crippen LogP contribution in [0.3, 0.4) is 0 Å². The molecule has 8 heteroatoms. The zero-order valence-corrected chi connectivity index (χ0v) is 21.7. The second kappa shape index (κ2) is 11.6. The van der Waals surface area contributed by atoms with Gasteiger partial charge in [-0.15, -0.1) is 0 Å². The van der Waals surface area contributed by atoms with Crippen LogP contribution in [0, 0.1) is 6.92 Å². The highest BCUT2D eigenvalue weighted by atomic mass is 35.5. The first-order chi connectivity index (χ1) is 17.3. The van der Waals surface area contributed by atoms with Crippen molar-refractivity contribution in [2.24, 2.45) is 4.99 Å². The Hall–Kier alpha value is -3.39. The molecule has 1 aromatic heterocycles. The minimum atomic E-state index is -3.81. The third-order valence-corrected chi connectivity index (χ3v) is 7.49. The Morgan fingerprint density at radius 2 is 1.61 bits per heavy atom. The van der Waals surface area contributed by atoms with Gasteiger partial charge in [0.1, 0.15) is 17.3 Å². The highest BCUT2D eigenvalue weighted by Crippen LogP contribution is 2.24. The van der Waals surface area contributed by atoms with Crippen LogP contribution in [0.2, 0.25) is 5.02 Å². The molecule has 1 heterocycles. The minimum absolute atomic E-state index is 0.0652. The van der Waals surface area contributed by atoms with Crippen molar-refractivity contribution in [2.75, 3.05) is 6.61 Å². The van der Waals surface area contributed by atoms with Gasteiger partial charge in [0.15, 0.2) is 0 Å². The third kappa shape index (κ3) is 6.63. The van der Waals surface area contributed by atoms with E-state index in [1.807, 2.05) is 62.4 Å². The van der Waals surface area contributed by atoms with Crippen LogP contribution in [-0.4, -0.2) is 25.5 Å². The van der Waals surface area contributed by atoms with E-state index < -0.39 is 10.0 Å². The quantitative estimate of drug-likeness (QED) is 0.215. The Morgan fingerprint density at radius 1 is 0.917 bits per heavy atom. The van der Waals surface area contributed by atoms with E-state index in [1.54, 1.807) is 30.5 Å².